The molecule has 0 spiro atoms. The van der Waals surface area contributed by atoms with Gasteiger partial charge in [-0.1, -0.05) is 6.92 Å². The Hall–Kier alpha value is -0.390. The number of piperazine rings is 1. The van der Waals surface area contributed by atoms with Crippen LogP contribution < -0.4 is 5.32 Å². The largest absolute Gasteiger partial charge is 0.395 e. The van der Waals surface area contributed by atoms with Crippen LogP contribution in [0.5, 0.6) is 0 Å². The second kappa shape index (κ2) is 6.98. The monoisotopic (exact) mass is 231 g/mol. The van der Waals surface area contributed by atoms with Crippen LogP contribution in [0.2, 0.25) is 0 Å². The summed E-state index contributed by atoms with van der Waals surface area (Å²) in [6.45, 7) is 8.04. The quantitative estimate of drug-likeness (QED) is 0.660. The summed E-state index contributed by atoms with van der Waals surface area (Å²) in [6.07, 6.45) is 1.10. The van der Waals surface area contributed by atoms with E-state index in [1.165, 1.54) is 0 Å². The molecule has 1 saturated heterocycles. The SMILES string of the molecule is CCCNC(=S)N1CCN(CCO)CC1. The molecule has 0 radical (unpaired) electrons. The Morgan fingerprint density at radius 2 is 2.00 bits per heavy atom. The zero-order chi connectivity index (χ0) is 11.1. The molecule has 0 aromatic heterocycles. The van der Waals surface area contributed by atoms with Gasteiger partial charge in [-0.2, -0.15) is 0 Å². The Morgan fingerprint density at radius 1 is 1.33 bits per heavy atom. The third-order valence-electron chi connectivity index (χ3n) is 2.60. The average Bonchev–Trinajstić information content (AvgIpc) is 2.27. The number of hydrogen-bond donors (Lipinski definition) is 2. The maximum absolute atomic E-state index is 8.82. The van der Waals surface area contributed by atoms with E-state index in [-0.39, 0.29) is 6.61 Å². The Labute approximate surface area is 97.2 Å². The minimum Gasteiger partial charge on any atom is -0.395 e. The van der Waals surface area contributed by atoms with Crippen molar-refractivity contribution in [2.24, 2.45) is 0 Å². The maximum atomic E-state index is 8.82. The first-order valence-electron chi connectivity index (χ1n) is 5.64. The van der Waals surface area contributed by atoms with E-state index < -0.39 is 0 Å². The zero-order valence-electron chi connectivity index (χ0n) is 9.41. The lowest BCUT2D eigenvalue weighted by Crippen LogP contribution is -2.52. The van der Waals surface area contributed by atoms with E-state index in [1.54, 1.807) is 0 Å². The fraction of sp³-hybridized carbons (Fsp3) is 0.900. The molecule has 0 aromatic carbocycles. The summed E-state index contributed by atoms with van der Waals surface area (Å²) in [5, 5.41) is 12.9. The molecule has 1 aliphatic heterocycles. The second-order valence-electron chi connectivity index (χ2n) is 3.78. The van der Waals surface area contributed by atoms with Crippen molar-refractivity contribution in [1.82, 2.24) is 15.1 Å². The molecule has 5 heteroatoms. The molecule has 0 unspecified atom stereocenters. The average molecular weight is 231 g/mol. The first-order valence-corrected chi connectivity index (χ1v) is 6.04. The minimum absolute atomic E-state index is 0.249. The molecule has 1 aliphatic rings. The van der Waals surface area contributed by atoms with Crippen LogP contribution in [0, 0.1) is 0 Å². The molecule has 2 N–H and O–H groups in total. The van der Waals surface area contributed by atoms with Gasteiger partial charge in [0.2, 0.25) is 0 Å². The zero-order valence-corrected chi connectivity index (χ0v) is 10.2. The highest BCUT2D eigenvalue weighted by Crippen LogP contribution is 2.01. The van der Waals surface area contributed by atoms with Crippen LogP contribution in [0.3, 0.4) is 0 Å². The van der Waals surface area contributed by atoms with Crippen LogP contribution in [0.25, 0.3) is 0 Å². The van der Waals surface area contributed by atoms with Gasteiger partial charge in [-0.25, -0.2) is 0 Å². The Kier molecular flexibility index (Phi) is 5.90. The molecule has 1 rings (SSSR count). The van der Waals surface area contributed by atoms with E-state index in [1.807, 2.05) is 0 Å². The number of aliphatic hydroxyl groups excluding tert-OH is 1. The Bertz CT molecular complexity index is 193. The third-order valence-corrected chi connectivity index (χ3v) is 3.00. The van der Waals surface area contributed by atoms with Crippen LogP contribution in [-0.4, -0.2) is 65.9 Å². The van der Waals surface area contributed by atoms with E-state index >= 15 is 0 Å². The molecule has 0 bridgehead atoms. The van der Waals surface area contributed by atoms with Crippen molar-refractivity contribution in [2.45, 2.75) is 13.3 Å². The fourth-order valence-corrected chi connectivity index (χ4v) is 1.94. The fourth-order valence-electron chi connectivity index (χ4n) is 1.66. The van der Waals surface area contributed by atoms with E-state index in [2.05, 4.69) is 22.0 Å². The van der Waals surface area contributed by atoms with Crippen LogP contribution in [-0.2, 0) is 0 Å². The normalized spacial score (nSPS) is 17.9. The van der Waals surface area contributed by atoms with Gasteiger partial charge >= 0.3 is 0 Å². The summed E-state index contributed by atoms with van der Waals surface area (Å²) < 4.78 is 0. The van der Waals surface area contributed by atoms with E-state index in [0.29, 0.717) is 0 Å². The van der Waals surface area contributed by atoms with Crippen molar-refractivity contribution in [3.8, 4) is 0 Å². The molecule has 0 saturated carbocycles. The summed E-state index contributed by atoms with van der Waals surface area (Å²) in [5.74, 6) is 0. The van der Waals surface area contributed by atoms with E-state index in [4.69, 9.17) is 17.3 Å². The molecule has 0 aromatic rings. The predicted octanol–water partition coefficient (Wildman–Crippen LogP) is -0.119. The number of nitrogens with zero attached hydrogens (tertiary/aromatic N) is 2. The number of β-amino-alcohol motifs (C(OH)–C–C–N with tert-alkyl or cyclic N) is 1. The molecule has 0 atom stereocenters. The highest BCUT2D eigenvalue weighted by atomic mass is 32.1. The molecule has 1 fully saturated rings. The first-order chi connectivity index (χ1) is 7.27. The third kappa shape index (κ3) is 4.32. The minimum atomic E-state index is 0.249. The number of rotatable bonds is 4. The topological polar surface area (TPSA) is 38.7 Å². The molecular weight excluding hydrogens is 210 g/mol. The van der Waals surface area contributed by atoms with Gasteiger partial charge < -0.3 is 15.3 Å². The van der Waals surface area contributed by atoms with Gasteiger partial charge in [-0.15, -0.1) is 0 Å². The molecule has 15 heavy (non-hydrogen) atoms. The lowest BCUT2D eigenvalue weighted by atomic mass is 10.3. The van der Waals surface area contributed by atoms with Gasteiger partial charge in [0.25, 0.3) is 0 Å². The Morgan fingerprint density at radius 3 is 2.53 bits per heavy atom. The van der Waals surface area contributed by atoms with Crippen molar-refractivity contribution in [3.05, 3.63) is 0 Å². The lowest BCUT2D eigenvalue weighted by molar-refractivity contribution is 0.146. The number of thiocarbonyl (C=S) groups is 1. The molecule has 4 nitrogen and oxygen atoms in total. The molecular formula is C10H21N3OS. The Balaban J connectivity index is 2.21. The van der Waals surface area contributed by atoms with E-state index in [9.17, 15) is 0 Å². The van der Waals surface area contributed by atoms with Crippen LogP contribution in [0.4, 0.5) is 0 Å². The molecule has 0 aliphatic carbocycles. The summed E-state index contributed by atoms with van der Waals surface area (Å²) in [5.41, 5.74) is 0. The van der Waals surface area contributed by atoms with Crippen molar-refractivity contribution >= 4 is 17.3 Å². The molecule has 0 amide bonds. The predicted molar refractivity (Wildman–Crippen MR) is 66.0 cm³/mol. The summed E-state index contributed by atoms with van der Waals surface area (Å²) in [4.78, 5) is 4.47. The summed E-state index contributed by atoms with van der Waals surface area (Å²) in [7, 11) is 0. The van der Waals surface area contributed by atoms with Gasteiger partial charge in [0, 0.05) is 39.3 Å². The number of aliphatic hydroxyl groups is 1. The maximum Gasteiger partial charge on any atom is 0.169 e. The molecule has 1 heterocycles. The lowest BCUT2D eigenvalue weighted by Gasteiger charge is -2.35. The summed E-state index contributed by atoms with van der Waals surface area (Å²) >= 11 is 5.29. The standard InChI is InChI=1S/C10H21N3OS/c1-2-3-11-10(15)13-6-4-12(5-7-13)8-9-14/h14H,2-9H2,1H3,(H,11,15). The van der Waals surface area contributed by atoms with Gasteiger partial charge in [0.15, 0.2) is 5.11 Å². The smallest absolute Gasteiger partial charge is 0.169 e. The van der Waals surface area contributed by atoms with Crippen LogP contribution >= 0.6 is 12.2 Å². The number of hydrogen-bond acceptors (Lipinski definition) is 3. The highest BCUT2D eigenvalue weighted by Gasteiger charge is 2.17. The highest BCUT2D eigenvalue weighted by molar-refractivity contribution is 7.80. The summed E-state index contributed by atoms with van der Waals surface area (Å²) in [6, 6.07) is 0. The van der Waals surface area contributed by atoms with Gasteiger partial charge in [-0.3, -0.25) is 4.90 Å². The number of nitrogens with one attached hydrogen (secondary N) is 1. The van der Waals surface area contributed by atoms with Crippen molar-refractivity contribution in [2.75, 3.05) is 45.9 Å². The van der Waals surface area contributed by atoms with Crippen LogP contribution in [0.1, 0.15) is 13.3 Å². The van der Waals surface area contributed by atoms with Crippen LogP contribution in [0.15, 0.2) is 0 Å². The molecule has 88 valence electrons. The van der Waals surface area contributed by atoms with Crippen molar-refractivity contribution in [1.29, 1.82) is 0 Å². The van der Waals surface area contributed by atoms with E-state index in [0.717, 1.165) is 50.8 Å². The van der Waals surface area contributed by atoms with Gasteiger partial charge in [0.05, 0.1) is 6.61 Å². The first kappa shape index (κ1) is 12.7. The van der Waals surface area contributed by atoms with Gasteiger partial charge in [-0.05, 0) is 18.6 Å². The van der Waals surface area contributed by atoms with Crippen molar-refractivity contribution in [3.63, 3.8) is 0 Å². The van der Waals surface area contributed by atoms with Gasteiger partial charge in [0.1, 0.15) is 0 Å². The second-order valence-corrected chi connectivity index (χ2v) is 4.17. The van der Waals surface area contributed by atoms with Crippen molar-refractivity contribution < 1.29 is 5.11 Å².